The Kier molecular flexibility index (Phi) is 5.13. The van der Waals surface area contributed by atoms with E-state index in [0.717, 1.165) is 19.3 Å². The Morgan fingerprint density at radius 1 is 1.07 bits per heavy atom. The van der Waals surface area contributed by atoms with Crippen molar-refractivity contribution in [2.45, 2.75) is 71.1 Å². The standard InChI is InChI=1S/C13H25NO/c1-2-3-4-5-6-7-8-9-13(10-11-13)12(14)15/h2-11H2,1H3,(H2,14,15). The molecule has 0 spiro atoms. The molecule has 2 heteroatoms. The lowest BCUT2D eigenvalue weighted by Gasteiger charge is -2.09. The summed E-state index contributed by atoms with van der Waals surface area (Å²) in [6.45, 7) is 2.24. The monoisotopic (exact) mass is 211 g/mol. The second kappa shape index (κ2) is 6.14. The topological polar surface area (TPSA) is 43.1 Å². The zero-order chi connectivity index (χ0) is 11.1. The predicted molar refractivity (Wildman–Crippen MR) is 63.5 cm³/mol. The van der Waals surface area contributed by atoms with Crippen molar-refractivity contribution in [3.8, 4) is 0 Å². The summed E-state index contributed by atoms with van der Waals surface area (Å²) in [4.78, 5) is 11.1. The largest absolute Gasteiger partial charge is 0.369 e. The van der Waals surface area contributed by atoms with E-state index in [2.05, 4.69) is 6.92 Å². The van der Waals surface area contributed by atoms with Gasteiger partial charge < -0.3 is 5.73 Å². The Bertz CT molecular complexity index is 197. The maximum atomic E-state index is 11.1. The summed E-state index contributed by atoms with van der Waals surface area (Å²) in [6, 6.07) is 0. The molecule has 1 amide bonds. The SMILES string of the molecule is CCCCCCCCCC1(C(N)=O)CC1. The number of nitrogens with two attached hydrogens (primary N) is 1. The Morgan fingerprint density at radius 3 is 2.07 bits per heavy atom. The van der Waals surface area contributed by atoms with Gasteiger partial charge in [-0.25, -0.2) is 0 Å². The van der Waals surface area contributed by atoms with Crippen molar-refractivity contribution < 1.29 is 4.79 Å². The highest BCUT2D eigenvalue weighted by Gasteiger charge is 2.47. The molecule has 0 saturated heterocycles. The van der Waals surface area contributed by atoms with Gasteiger partial charge in [-0.1, -0.05) is 51.9 Å². The molecule has 2 nitrogen and oxygen atoms in total. The number of unbranched alkanes of at least 4 members (excludes halogenated alkanes) is 6. The van der Waals surface area contributed by atoms with E-state index in [4.69, 9.17) is 5.73 Å². The number of primary amides is 1. The molecule has 0 aliphatic heterocycles. The summed E-state index contributed by atoms with van der Waals surface area (Å²) in [5.74, 6) is -0.0616. The lowest BCUT2D eigenvalue weighted by atomic mass is 9.97. The zero-order valence-electron chi connectivity index (χ0n) is 10.1. The minimum absolute atomic E-state index is 0.0616. The lowest BCUT2D eigenvalue weighted by Crippen LogP contribution is -2.24. The van der Waals surface area contributed by atoms with Crippen molar-refractivity contribution in [1.29, 1.82) is 0 Å². The van der Waals surface area contributed by atoms with Crippen molar-refractivity contribution in [2.24, 2.45) is 11.1 Å². The molecule has 0 aromatic heterocycles. The molecule has 1 aliphatic rings. The number of carbonyl (C=O) groups excluding carboxylic acids is 1. The molecule has 0 atom stereocenters. The minimum atomic E-state index is -0.0661. The Hall–Kier alpha value is -0.530. The fourth-order valence-corrected chi connectivity index (χ4v) is 2.19. The van der Waals surface area contributed by atoms with E-state index in [0.29, 0.717) is 0 Å². The van der Waals surface area contributed by atoms with Crippen LogP contribution < -0.4 is 5.73 Å². The first kappa shape index (κ1) is 12.5. The second-order valence-electron chi connectivity index (χ2n) is 5.02. The summed E-state index contributed by atoms with van der Waals surface area (Å²) in [6.07, 6.45) is 12.3. The van der Waals surface area contributed by atoms with Gasteiger partial charge in [0, 0.05) is 5.41 Å². The molecule has 0 aromatic carbocycles. The molecular weight excluding hydrogens is 186 g/mol. The molecule has 1 rings (SSSR count). The van der Waals surface area contributed by atoms with Crippen LogP contribution in [0.3, 0.4) is 0 Å². The van der Waals surface area contributed by atoms with E-state index in [1.807, 2.05) is 0 Å². The van der Waals surface area contributed by atoms with Gasteiger partial charge >= 0.3 is 0 Å². The molecule has 88 valence electrons. The minimum Gasteiger partial charge on any atom is -0.369 e. The van der Waals surface area contributed by atoms with Crippen LogP contribution in [0.2, 0.25) is 0 Å². The molecule has 2 N–H and O–H groups in total. The average Bonchev–Trinajstić information content (AvgIpc) is 2.98. The van der Waals surface area contributed by atoms with Crippen LogP contribution in [0.1, 0.15) is 71.1 Å². The third-order valence-electron chi connectivity index (χ3n) is 3.64. The molecule has 0 aromatic rings. The maximum absolute atomic E-state index is 11.1. The van der Waals surface area contributed by atoms with Gasteiger partial charge in [-0.15, -0.1) is 0 Å². The average molecular weight is 211 g/mol. The molecule has 0 unspecified atom stereocenters. The van der Waals surface area contributed by atoms with E-state index < -0.39 is 0 Å². The Balaban J connectivity index is 1.91. The fourth-order valence-electron chi connectivity index (χ4n) is 2.19. The van der Waals surface area contributed by atoms with Gasteiger partial charge in [-0.2, -0.15) is 0 Å². The van der Waals surface area contributed by atoms with Gasteiger partial charge in [0.05, 0.1) is 0 Å². The highest BCUT2D eigenvalue weighted by Crippen LogP contribution is 2.49. The fraction of sp³-hybridized carbons (Fsp3) is 0.923. The molecule has 0 bridgehead atoms. The van der Waals surface area contributed by atoms with Crippen LogP contribution in [-0.4, -0.2) is 5.91 Å². The molecule has 1 saturated carbocycles. The van der Waals surface area contributed by atoms with E-state index in [1.54, 1.807) is 0 Å². The second-order valence-corrected chi connectivity index (χ2v) is 5.02. The molecule has 0 radical (unpaired) electrons. The number of hydrogen-bond acceptors (Lipinski definition) is 1. The number of carbonyl (C=O) groups is 1. The van der Waals surface area contributed by atoms with Gasteiger partial charge in [0.25, 0.3) is 0 Å². The van der Waals surface area contributed by atoms with Crippen molar-refractivity contribution >= 4 is 5.91 Å². The van der Waals surface area contributed by atoms with Gasteiger partial charge in [0.2, 0.25) is 5.91 Å². The van der Waals surface area contributed by atoms with Crippen LogP contribution in [0.4, 0.5) is 0 Å². The highest BCUT2D eigenvalue weighted by molar-refractivity contribution is 5.83. The van der Waals surface area contributed by atoms with Crippen LogP contribution >= 0.6 is 0 Å². The summed E-state index contributed by atoms with van der Waals surface area (Å²) in [5.41, 5.74) is 5.31. The smallest absolute Gasteiger partial charge is 0.223 e. The molecule has 15 heavy (non-hydrogen) atoms. The molecule has 1 fully saturated rings. The predicted octanol–water partition coefficient (Wildman–Crippen LogP) is 3.39. The Labute approximate surface area is 93.6 Å². The van der Waals surface area contributed by atoms with E-state index in [9.17, 15) is 4.79 Å². The van der Waals surface area contributed by atoms with Crippen molar-refractivity contribution in [3.63, 3.8) is 0 Å². The van der Waals surface area contributed by atoms with Crippen LogP contribution in [-0.2, 0) is 4.79 Å². The highest BCUT2D eigenvalue weighted by atomic mass is 16.1. The van der Waals surface area contributed by atoms with Crippen LogP contribution in [0, 0.1) is 5.41 Å². The van der Waals surface area contributed by atoms with Crippen LogP contribution in [0.5, 0.6) is 0 Å². The quantitative estimate of drug-likeness (QED) is 0.584. The van der Waals surface area contributed by atoms with E-state index in [-0.39, 0.29) is 11.3 Å². The third-order valence-corrected chi connectivity index (χ3v) is 3.64. The van der Waals surface area contributed by atoms with Crippen molar-refractivity contribution in [1.82, 2.24) is 0 Å². The number of rotatable bonds is 9. The summed E-state index contributed by atoms with van der Waals surface area (Å²) in [7, 11) is 0. The third kappa shape index (κ3) is 4.23. The molecule has 1 aliphatic carbocycles. The lowest BCUT2D eigenvalue weighted by molar-refractivity contribution is -0.123. The van der Waals surface area contributed by atoms with Crippen molar-refractivity contribution in [3.05, 3.63) is 0 Å². The van der Waals surface area contributed by atoms with Gasteiger partial charge in [0.1, 0.15) is 0 Å². The number of hydrogen-bond donors (Lipinski definition) is 1. The summed E-state index contributed by atoms with van der Waals surface area (Å²) in [5, 5.41) is 0. The van der Waals surface area contributed by atoms with Gasteiger partial charge in [0.15, 0.2) is 0 Å². The first-order valence-corrected chi connectivity index (χ1v) is 6.51. The van der Waals surface area contributed by atoms with Gasteiger partial charge in [-0.05, 0) is 19.3 Å². The first-order valence-electron chi connectivity index (χ1n) is 6.51. The number of amides is 1. The van der Waals surface area contributed by atoms with Crippen LogP contribution in [0.15, 0.2) is 0 Å². The Morgan fingerprint density at radius 2 is 1.60 bits per heavy atom. The zero-order valence-corrected chi connectivity index (χ0v) is 10.1. The van der Waals surface area contributed by atoms with Crippen LogP contribution in [0.25, 0.3) is 0 Å². The van der Waals surface area contributed by atoms with Gasteiger partial charge in [-0.3, -0.25) is 4.79 Å². The molecule has 0 heterocycles. The first-order chi connectivity index (χ1) is 7.21. The maximum Gasteiger partial charge on any atom is 0.223 e. The van der Waals surface area contributed by atoms with Crippen molar-refractivity contribution in [2.75, 3.05) is 0 Å². The summed E-state index contributed by atoms with van der Waals surface area (Å²) >= 11 is 0. The van der Waals surface area contributed by atoms with E-state index >= 15 is 0 Å². The molecular formula is C13H25NO. The normalized spacial score (nSPS) is 17.7. The van der Waals surface area contributed by atoms with E-state index in [1.165, 1.54) is 44.9 Å². The summed E-state index contributed by atoms with van der Waals surface area (Å²) < 4.78 is 0.